The number of likely N-dealkylation sites (tertiary alicyclic amines) is 1. The molecule has 2 aromatic carbocycles. The van der Waals surface area contributed by atoms with Crippen LogP contribution in [0.1, 0.15) is 55.8 Å². The van der Waals surface area contributed by atoms with Crippen LogP contribution in [0.5, 0.6) is 5.75 Å². The van der Waals surface area contributed by atoms with Crippen molar-refractivity contribution >= 4 is 12.0 Å². The largest absolute Gasteiger partial charge is 0.491 e. The Bertz CT molecular complexity index is 1080. The van der Waals surface area contributed by atoms with Crippen molar-refractivity contribution < 1.29 is 19.1 Å². The molecule has 0 spiro atoms. The van der Waals surface area contributed by atoms with E-state index in [1.165, 1.54) is 11.1 Å². The van der Waals surface area contributed by atoms with Gasteiger partial charge in [0.05, 0.1) is 24.3 Å². The summed E-state index contributed by atoms with van der Waals surface area (Å²) in [7, 11) is 0. The summed E-state index contributed by atoms with van der Waals surface area (Å²) in [5.41, 5.74) is 4.43. The maximum atomic E-state index is 13.1. The first kappa shape index (κ1) is 24.8. The fourth-order valence-electron chi connectivity index (χ4n) is 4.76. The Labute approximate surface area is 207 Å². The van der Waals surface area contributed by atoms with Gasteiger partial charge in [0.25, 0.3) is 0 Å². The van der Waals surface area contributed by atoms with Gasteiger partial charge in [-0.2, -0.15) is 0 Å². The maximum absolute atomic E-state index is 13.1. The molecule has 0 aliphatic carbocycles. The highest BCUT2D eigenvalue weighted by Crippen LogP contribution is 2.32. The highest BCUT2D eigenvalue weighted by atomic mass is 16.5. The smallest absolute Gasteiger partial charge is 0.338 e. The van der Waals surface area contributed by atoms with Gasteiger partial charge in [-0.25, -0.2) is 9.59 Å². The second kappa shape index (κ2) is 11.0. The van der Waals surface area contributed by atoms with Gasteiger partial charge in [-0.05, 0) is 69.8 Å². The summed E-state index contributed by atoms with van der Waals surface area (Å²) in [5.74, 6) is 0.755. The molecule has 7 heteroatoms. The lowest BCUT2D eigenvalue weighted by Gasteiger charge is -2.31. The molecule has 35 heavy (non-hydrogen) atoms. The first-order valence-electron chi connectivity index (χ1n) is 12.4. The van der Waals surface area contributed by atoms with E-state index in [1.807, 2.05) is 38.1 Å². The molecule has 2 atom stereocenters. The third kappa shape index (κ3) is 6.03. The van der Waals surface area contributed by atoms with Crippen molar-refractivity contribution in [2.75, 3.05) is 26.2 Å². The number of rotatable bonds is 8. The first-order valence-corrected chi connectivity index (χ1v) is 12.4. The molecule has 2 aliphatic rings. The molecule has 186 valence electrons. The molecular formula is C28H35N3O4. The van der Waals surface area contributed by atoms with Gasteiger partial charge in [0, 0.05) is 18.8 Å². The van der Waals surface area contributed by atoms with Crippen LogP contribution < -0.4 is 15.4 Å². The van der Waals surface area contributed by atoms with Crippen LogP contribution >= 0.6 is 0 Å². The van der Waals surface area contributed by atoms with Gasteiger partial charge < -0.3 is 20.1 Å². The van der Waals surface area contributed by atoms with Crippen LogP contribution in [0, 0.1) is 6.92 Å². The molecule has 0 saturated carbocycles. The fourth-order valence-corrected chi connectivity index (χ4v) is 4.76. The predicted octanol–water partition coefficient (Wildman–Crippen LogP) is 4.44. The molecule has 2 aromatic rings. The molecule has 0 bridgehead atoms. The number of hydrogen-bond acceptors (Lipinski definition) is 5. The number of carbonyl (C=O) groups is 2. The number of ether oxygens (including phenoxy) is 2. The molecule has 2 aliphatic heterocycles. The van der Waals surface area contributed by atoms with Crippen molar-refractivity contribution in [2.45, 2.75) is 52.2 Å². The zero-order chi connectivity index (χ0) is 24.9. The van der Waals surface area contributed by atoms with E-state index in [-0.39, 0.29) is 18.7 Å². The van der Waals surface area contributed by atoms with Crippen molar-refractivity contribution in [1.29, 1.82) is 0 Å². The van der Waals surface area contributed by atoms with Crippen molar-refractivity contribution in [1.82, 2.24) is 15.5 Å². The number of urea groups is 1. The van der Waals surface area contributed by atoms with Gasteiger partial charge in [0.2, 0.25) is 0 Å². The molecule has 2 unspecified atom stereocenters. The SMILES string of the molecule is CCOC(=O)C1=C(CN2CCC(c3ccc(C)cc3)C2)NC(=O)NC1c1ccc(OC(C)C)cc1. The fraction of sp³-hybridized carbons (Fsp3) is 0.429. The highest BCUT2D eigenvalue weighted by molar-refractivity contribution is 5.95. The Kier molecular flexibility index (Phi) is 7.76. The quantitative estimate of drug-likeness (QED) is 0.550. The first-order chi connectivity index (χ1) is 16.8. The Morgan fingerprint density at radius 3 is 2.43 bits per heavy atom. The maximum Gasteiger partial charge on any atom is 0.338 e. The summed E-state index contributed by atoms with van der Waals surface area (Å²) in [5, 5.41) is 5.80. The lowest BCUT2D eigenvalue weighted by atomic mass is 9.94. The Hall–Kier alpha value is -3.32. The number of aryl methyl sites for hydroxylation is 1. The molecule has 0 aromatic heterocycles. The molecule has 2 N–H and O–H groups in total. The number of carbonyl (C=O) groups excluding carboxylic acids is 2. The second-order valence-electron chi connectivity index (χ2n) is 9.51. The van der Waals surface area contributed by atoms with Gasteiger partial charge in [0.1, 0.15) is 5.75 Å². The van der Waals surface area contributed by atoms with Crippen LogP contribution in [0.3, 0.4) is 0 Å². The van der Waals surface area contributed by atoms with Gasteiger partial charge in [-0.1, -0.05) is 42.0 Å². The van der Waals surface area contributed by atoms with Crippen LogP contribution in [-0.4, -0.2) is 49.2 Å². The van der Waals surface area contributed by atoms with E-state index in [4.69, 9.17) is 9.47 Å². The van der Waals surface area contributed by atoms with Crippen LogP contribution in [0.4, 0.5) is 4.79 Å². The monoisotopic (exact) mass is 477 g/mol. The average Bonchev–Trinajstić information content (AvgIpc) is 3.28. The third-order valence-electron chi connectivity index (χ3n) is 6.44. The standard InChI is InChI=1S/C28H35N3O4/c1-5-34-27(32)25-24(17-31-15-14-22(16-31)20-8-6-19(4)7-9-20)29-28(33)30-26(25)21-10-12-23(13-11-21)35-18(2)3/h6-13,18,22,26H,5,14-17H2,1-4H3,(H2,29,30,33). The molecule has 1 fully saturated rings. The van der Waals surface area contributed by atoms with Crippen molar-refractivity contribution in [3.05, 3.63) is 76.5 Å². The summed E-state index contributed by atoms with van der Waals surface area (Å²) in [6.45, 7) is 10.3. The van der Waals surface area contributed by atoms with E-state index in [1.54, 1.807) is 6.92 Å². The zero-order valence-corrected chi connectivity index (χ0v) is 21.0. The number of amides is 2. The normalized spacial score (nSPS) is 20.5. The minimum Gasteiger partial charge on any atom is -0.491 e. The number of benzene rings is 2. The van der Waals surface area contributed by atoms with Crippen LogP contribution in [-0.2, 0) is 9.53 Å². The van der Waals surface area contributed by atoms with E-state index >= 15 is 0 Å². The summed E-state index contributed by atoms with van der Waals surface area (Å²) in [6.07, 6.45) is 1.10. The number of esters is 1. The molecule has 4 rings (SSSR count). The summed E-state index contributed by atoms with van der Waals surface area (Å²) in [6, 6.07) is 15.3. The Balaban J connectivity index is 1.58. The molecule has 2 heterocycles. The van der Waals surface area contributed by atoms with Gasteiger partial charge in [-0.3, -0.25) is 4.90 Å². The number of nitrogens with zero attached hydrogens (tertiary/aromatic N) is 1. The second-order valence-corrected chi connectivity index (χ2v) is 9.51. The molecule has 1 saturated heterocycles. The van der Waals surface area contributed by atoms with Crippen molar-refractivity contribution in [2.24, 2.45) is 0 Å². The van der Waals surface area contributed by atoms with Gasteiger partial charge >= 0.3 is 12.0 Å². The summed E-state index contributed by atoms with van der Waals surface area (Å²) >= 11 is 0. The molecular weight excluding hydrogens is 442 g/mol. The number of nitrogens with one attached hydrogen (secondary N) is 2. The molecule has 7 nitrogen and oxygen atoms in total. The zero-order valence-electron chi connectivity index (χ0n) is 21.0. The third-order valence-corrected chi connectivity index (χ3v) is 6.44. The van der Waals surface area contributed by atoms with E-state index in [9.17, 15) is 9.59 Å². The lowest BCUT2D eigenvalue weighted by Crippen LogP contribution is -2.48. The molecule has 2 amide bonds. The summed E-state index contributed by atoms with van der Waals surface area (Å²) < 4.78 is 11.2. The van der Waals surface area contributed by atoms with E-state index < -0.39 is 12.0 Å². The lowest BCUT2D eigenvalue weighted by molar-refractivity contribution is -0.139. The Morgan fingerprint density at radius 1 is 1.09 bits per heavy atom. The average molecular weight is 478 g/mol. The van der Waals surface area contributed by atoms with Crippen LogP contribution in [0.2, 0.25) is 0 Å². The van der Waals surface area contributed by atoms with Crippen molar-refractivity contribution in [3.8, 4) is 5.75 Å². The summed E-state index contributed by atoms with van der Waals surface area (Å²) in [4.78, 5) is 28.0. The van der Waals surface area contributed by atoms with Crippen LogP contribution in [0.25, 0.3) is 0 Å². The van der Waals surface area contributed by atoms with E-state index in [2.05, 4.69) is 46.7 Å². The number of hydrogen-bond donors (Lipinski definition) is 2. The van der Waals surface area contributed by atoms with E-state index in [0.717, 1.165) is 30.8 Å². The Morgan fingerprint density at radius 2 is 1.77 bits per heavy atom. The highest BCUT2D eigenvalue weighted by Gasteiger charge is 2.35. The van der Waals surface area contributed by atoms with E-state index in [0.29, 0.717) is 23.7 Å². The van der Waals surface area contributed by atoms with Gasteiger partial charge in [-0.15, -0.1) is 0 Å². The predicted molar refractivity (Wildman–Crippen MR) is 135 cm³/mol. The van der Waals surface area contributed by atoms with Crippen molar-refractivity contribution in [3.63, 3.8) is 0 Å². The molecule has 0 radical (unpaired) electrons. The van der Waals surface area contributed by atoms with Crippen LogP contribution in [0.15, 0.2) is 59.8 Å². The minimum absolute atomic E-state index is 0.0604. The minimum atomic E-state index is -0.596. The topological polar surface area (TPSA) is 79.9 Å². The van der Waals surface area contributed by atoms with Gasteiger partial charge in [0.15, 0.2) is 0 Å².